The average Bonchev–Trinajstić information content (AvgIpc) is 2.84. The van der Waals surface area contributed by atoms with Crippen LogP contribution in [-0.4, -0.2) is 10.8 Å². The maximum absolute atomic E-state index is 11.5. The summed E-state index contributed by atoms with van der Waals surface area (Å²) in [7, 11) is 0. The molecule has 1 aliphatic heterocycles. The fraction of sp³-hybridized carbons (Fsp3) is 0.143. The predicted molar refractivity (Wildman–Crippen MR) is 68.8 cm³/mol. The van der Waals surface area contributed by atoms with Gasteiger partial charge in [0.2, 0.25) is 0 Å². The molecule has 4 heteroatoms. The Kier molecular flexibility index (Phi) is 2.99. The minimum atomic E-state index is -1.69. The van der Waals surface area contributed by atoms with Crippen LogP contribution in [0.3, 0.4) is 0 Å². The predicted octanol–water partition coefficient (Wildman–Crippen LogP) is 2.56. The maximum Gasteiger partial charge on any atom is 0.306 e. The van der Waals surface area contributed by atoms with Gasteiger partial charge in [-0.25, -0.2) is 4.18 Å². The summed E-state index contributed by atoms with van der Waals surface area (Å²) in [5.41, 5.74) is 1.12. The molecule has 0 aliphatic carbocycles. The molecule has 1 fully saturated rings. The molecule has 1 aliphatic rings. The van der Waals surface area contributed by atoms with Crippen LogP contribution in [0.1, 0.15) is 11.1 Å². The summed E-state index contributed by atoms with van der Waals surface area (Å²) in [5, 5.41) is 0. The summed E-state index contributed by atoms with van der Waals surface area (Å²) in [6, 6.07) is 19.4. The van der Waals surface area contributed by atoms with Gasteiger partial charge >= 0.3 is 11.4 Å². The minimum absolute atomic E-state index is 0.258. The number of hydrogen-bond acceptors (Lipinski definition) is 3. The van der Waals surface area contributed by atoms with Gasteiger partial charge in [-0.2, -0.15) is 4.21 Å². The van der Waals surface area contributed by atoms with Gasteiger partial charge in [-0.05, 0) is 11.1 Å². The Labute approximate surface area is 108 Å². The van der Waals surface area contributed by atoms with Crippen LogP contribution < -0.4 is 0 Å². The summed E-state index contributed by atoms with van der Waals surface area (Å²) in [6.07, 6.45) is 0. The zero-order valence-corrected chi connectivity index (χ0v) is 10.4. The van der Waals surface area contributed by atoms with Crippen molar-refractivity contribution in [2.24, 2.45) is 0 Å². The summed E-state index contributed by atoms with van der Waals surface area (Å²) in [6.45, 7) is 0.258. The number of rotatable bonds is 2. The molecule has 0 amide bonds. The Hall–Kier alpha value is -1.49. The molecule has 0 radical (unpaired) electrons. The van der Waals surface area contributed by atoms with E-state index in [-0.39, 0.29) is 6.61 Å². The molecule has 3 rings (SSSR count). The first-order valence-electron chi connectivity index (χ1n) is 5.67. The molecule has 18 heavy (non-hydrogen) atoms. The SMILES string of the molecule is O=S1OCC(c2ccccc2)(c2ccccc2)O1. The van der Waals surface area contributed by atoms with Crippen LogP contribution in [0.15, 0.2) is 60.7 Å². The summed E-state index contributed by atoms with van der Waals surface area (Å²) in [4.78, 5) is 0. The van der Waals surface area contributed by atoms with Crippen molar-refractivity contribution in [2.75, 3.05) is 6.61 Å². The third kappa shape index (κ3) is 1.88. The fourth-order valence-electron chi connectivity index (χ4n) is 2.14. The van der Waals surface area contributed by atoms with Crippen LogP contribution in [0.4, 0.5) is 0 Å². The van der Waals surface area contributed by atoms with Crippen molar-refractivity contribution in [2.45, 2.75) is 5.60 Å². The van der Waals surface area contributed by atoms with Crippen molar-refractivity contribution in [3.63, 3.8) is 0 Å². The van der Waals surface area contributed by atoms with Gasteiger partial charge in [0.1, 0.15) is 6.61 Å². The molecule has 2 aromatic rings. The van der Waals surface area contributed by atoms with Gasteiger partial charge in [-0.15, -0.1) is 0 Å². The van der Waals surface area contributed by atoms with E-state index in [9.17, 15) is 4.21 Å². The molecule has 0 spiro atoms. The van der Waals surface area contributed by atoms with E-state index >= 15 is 0 Å². The van der Waals surface area contributed by atoms with E-state index in [1.54, 1.807) is 0 Å². The lowest BCUT2D eigenvalue weighted by atomic mass is 9.87. The highest BCUT2D eigenvalue weighted by atomic mass is 32.2. The Morgan fingerprint density at radius 1 is 0.889 bits per heavy atom. The average molecular weight is 260 g/mol. The van der Waals surface area contributed by atoms with Crippen LogP contribution in [0.2, 0.25) is 0 Å². The topological polar surface area (TPSA) is 35.5 Å². The Balaban J connectivity index is 2.14. The molecule has 92 valence electrons. The van der Waals surface area contributed by atoms with Gasteiger partial charge in [0.15, 0.2) is 5.60 Å². The van der Waals surface area contributed by atoms with E-state index in [2.05, 4.69) is 0 Å². The van der Waals surface area contributed by atoms with Crippen molar-refractivity contribution >= 4 is 11.4 Å². The molecule has 1 atom stereocenters. The van der Waals surface area contributed by atoms with E-state index in [0.29, 0.717) is 0 Å². The van der Waals surface area contributed by atoms with Gasteiger partial charge in [-0.3, -0.25) is 4.18 Å². The molecule has 2 aromatic carbocycles. The van der Waals surface area contributed by atoms with Gasteiger partial charge in [0, 0.05) is 0 Å². The van der Waals surface area contributed by atoms with E-state index in [1.165, 1.54) is 0 Å². The third-order valence-corrected chi connectivity index (χ3v) is 3.78. The van der Waals surface area contributed by atoms with Gasteiger partial charge < -0.3 is 0 Å². The first-order chi connectivity index (χ1) is 8.81. The summed E-state index contributed by atoms with van der Waals surface area (Å²) in [5.74, 6) is 0. The number of hydrogen-bond donors (Lipinski definition) is 0. The molecule has 0 saturated carbocycles. The normalized spacial score (nSPS) is 21.9. The lowest BCUT2D eigenvalue weighted by Gasteiger charge is -2.25. The largest absolute Gasteiger partial charge is 0.306 e. The van der Waals surface area contributed by atoms with Crippen molar-refractivity contribution in [3.8, 4) is 0 Å². The van der Waals surface area contributed by atoms with Crippen molar-refractivity contribution in [1.29, 1.82) is 0 Å². The van der Waals surface area contributed by atoms with Crippen LogP contribution in [0, 0.1) is 0 Å². The quantitative estimate of drug-likeness (QED) is 0.832. The van der Waals surface area contributed by atoms with Crippen molar-refractivity contribution < 1.29 is 12.6 Å². The van der Waals surface area contributed by atoms with Crippen molar-refractivity contribution in [1.82, 2.24) is 0 Å². The molecular formula is C14H12O3S. The Bertz CT molecular complexity index is 514. The monoisotopic (exact) mass is 260 g/mol. The number of benzene rings is 2. The molecular weight excluding hydrogens is 248 g/mol. The summed E-state index contributed by atoms with van der Waals surface area (Å²) >= 11 is -1.69. The molecule has 0 bridgehead atoms. The highest BCUT2D eigenvalue weighted by Gasteiger charge is 2.44. The second-order valence-electron chi connectivity index (χ2n) is 4.11. The Morgan fingerprint density at radius 3 is 1.78 bits per heavy atom. The van der Waals surface area contributed by atoms with Gasteiger partial charge in [0.05, 0.1) is 0 Å². The van der Waals surface area contributed by atoms with E-state index in [1.807, 2.05) is 60.7 Å². The first-order valence-corrected chi connectivity index (χ1v) is 6.67. The first kappa shape index (κ1) is 11.6. The maximum atomic E-state index is 11.5. The lowest BCUT2D eigenvalue weighted by molar-refractivity contribution is 0.144. The zero-order valence-electron chi connectivity index (χ0n) is 9.61. The highest BCUT2D eigenvalue weighted by molar-refractivity contribution is 7.75. The van der Waals surface area contributed by atoms with Crippen LogP contribution in [0.25, 0.3) is 0 Å². The van der Waals surface area contributed by atoms with Crippen LogP contribution in [-0.2, 0) is 25.3 Å². The molecule has 0 aromatic heterocycles. The summed E-state index contributed by atoms with van der Waals surface area (Å²) < 4.78 is 22.2. The van der Waals surface area contributed by atoms with E-state index < -0.39 is 17.0 Å². The standard InChI is InChI=1S/C14H12O3S/c15-18-16-11-14(17-18,12-7-3-1-4-8-12)13-9-5-2-6-10-13/h1-10H,11H2. The second-order valence-corrected chi connectivity index (χ2v) is 4.92. The van der Waals surface area contributed by atoms with Gasteiger partial charge in [-0.1, -0.05) is 60.7 Å². The van der Waals surface area contributed by atoms with E-state index in [0.717, 1.165) is 11.1 Å². The molecule has 1 heterocycles. The molecule has 1 saturated heterocycles. The molecule has 3 nitrogen and oxygen atoms in total. The lowest BCUT2D eigenvalue weighted by Crippen LogP contribution is -2.29. The molecule has 0 N–H and O–H groups in total. The van der Waals surface area contributed by atoms with Crippen LogP contribution >= 0.6 is 0 Å². The Morgan fingerprint density at radius 2 is 1.39 bits per heavy atom. The molecule has 1 unspecified atom stereocenters. The highest BCUT2D eigenvalue weighted by Crippen LogP contribution is 2.39. The second kappa shape index (κ2) is 4.65. The van der Waals surface area contributed by atoms with Crippen molar-refractivity contribution in [3.05, 3.63) is 71.8 Å². The smallest absolute Gasteiger partial charge is 0.265 e. The van der Waals surface area contributed by atoms with Crippen LogP contribution in [0.5, 0.6) is 0 Å². The zero-order chi connectivity index (χ0) is 12.4. The fourth-order valence-corrected chi connectivity index (χ4v) is 2.92. The minimum Gasteiger partial charge on any atom is -0.265 e. The van der Waals surface area contributed by atoms with E-state index in [4.69, 9.17) is 8.37 Å². The van der Waals surface area contributed by atoms with Gasteiger partial charge in [0.25, 0.3) is 0 Å². The third-order valence-electron chi connectivity index (χ3n) is 3.05.